The third-order valence-corrected chi connectivity index (χ3v) is 2.51. The maximum absolute atomic E-state index is 11.7. The molecule has 0 heterocycles. The number of hydrogen-bond acceptors (Lipinski definition) is 4. The molecule has 1 aromatic rings. The third-order valence-electron chi connectivity index (χ3n) is 2.51. The van der Waals surface area contributed by atoms with Crippen LogP contribution >= 0.6 is 0 Å². The Hall–Kier alpha value is -2.04. The van der Waals surface area contributed by atoms with Crippen LogP contribution in [0.25, 0.3) is 0 Å². The molecule has 0 bridgehead atoms. The van der Waals surface area contributed by atoms with Crippen molar-refractivity contribution >= 4 is 17.6 Å². The van der Waals surface area contributed by atoms with Gasteiger partial charge in [0.25, 0.3) is 0 Å². The van der Waals surface area contributed by atoms with Gasteiger partial charge in [-0.3, -0.25) is 4.79 Å². The second-order valence-electron chi connectivity index (χ2n) is 5.51. The molecule has 0 aromatic heterocycles. The Morgan fingerprint density at radius 2 is 1.85 bits per heavy atom. The van der Waals surface area contributed by atoms with E-state index in [9.17, 15) is 9.59 Å². The maximum atomic E-state index is 11.7. The molecule has 0 aliphatic carbocycles. The Bertz CT molecular complexity index is 478. The number of hydrogen-bond donors (Lipinski definition) is 2. The minimum Gasteiger partial charge on any atom is -0.465 e. The summed E-state index contributed by atoms with van der Waals surface area (Å²) in [4.78, 5) is 23.3. The molecular weight excluding hydrogens is 256 g/mol. The van der Waals surface area contributed by atoms with Crippen LogP contribution in [0.4, 0.5) is 5.69 Å². The molecule has 5 heteroatoms. The van der Waals surface area contributed by atoms with Crippen molar-refractivity contribution in [2.45, 2.75) is 32.7 Å². The minimum absolute atomic E-state index is 0.0273. The van der Waals surface area contributed by atoms with E-state index in [1.54, 1.807) is 18.2 Å². The third kappa shape index (κ3) is 5.30. The first-order valence-electron chi connectivity index (χ1n) is 6.56. The van der Waals surface area contributed by atoms with Gasteiger partial charge in [0.05, 0.1) is 12.7 Å². The van der Waals surface area contributed by atoms with E-state index in [0.717, 1.165) is 0 Å². The average Bonchev–Trinajstić information content (AvgIpc) is 2.36. The Balaban J connectivity index is 2.54. The summed E-state index contributed by atoms with van der Waals surface area (Å²) < 4.78 is 4.71. The number of para-hydroxylation sites is 1. The van der Waals surface area contributed by atoms with E-state index >= 15 is 0 Å². The van der Waals surface area contributed by atoms with Crippen LogP contribution in [0.3, 0.4) is 0 Å². The van der Waals surface area contributed by atoms with Gasteiger partial charge in [0, 0.05) is 24.2 Å². The lowest BCUT2D eigenvalue weighted by Gasteiger charge is -2.20. The summed E-state index contributed by atoms with van der Waals surface area (Å²) in [7, 11) is 1.34. The number of esters is 1. The Labute approximate surface area is 119 Å². The van der Waals surface area contributed by atoms with Gasteiger partial charge in [-0.05, 0) is 32.9 Å². The number of ether oxygens (including phenoxy) is 1. The van der Waals surface area contributed by atoms with E-state index < -0.39 is 5.97 Å². The quantitative estimate of drug-likeness (QED) is 0.810. The highest BCUT2D eigenvalue weighted by Crippen LogP contribution is 2.15. The SMILES string of the molecule is COC(=O)c1ccccc1NCCC(=O)NC(C)(C)C. The molecule has 0 saturated heterocycles. The van der Waals surface area contributed by atoms with Gasteiger partial charge in [0.1, 0.15) is 0 Å². The Kier molecular flexibility index (Phi) is 5.55. The molecule has 0 aliphatic rings. The Morgan fingerprint density at radius 1 is 1.20 bits per heavy atom. The summed E-state index contributed by atoms with van der Waals surface area (Å²) in [6.07, 6.45) is 0.340. The highest BCUT2D eigenvalue weighted by Gasteiger charge is 2.14. The van der Waals surface area contributed by atoms with Crippen LogP contribution in [-0.4, -0.2) is 31.1 Å². The van der Waals surface area contributed by atoms with Crippen molar-refractivity contribution in [2.24, 2.45) is 0 Å². The monoisotopic (exact) mass is 278 g/mol. The fourth-order valence-electron chi connectivity index (χ4n) is 1.72. The zero-order valence-corrected chi connectivity index (χ0v) is 12.4. The molecule has 5 nitrogen and oxygen atoms in total. The second-order valence-corrected chi connectivity index (χ2v) is 5.51. The van der Waals surface area contributed by atoms with Crippen molar-refractivity contribution in [1.29, 1.82) is 0 Å². The molecular formula is C15H22N2O3. The summed E-state index contributed by atoms with van der Waals surface area (Å²) in [6.45, 7) is 6.26. The van der Waals surface area contributed by atoms with Gasteiger partial charge in [-0.15, -0.1) is 0 Å². The number of anilines is 1. The predicted octanol–water partition coefficient (Wildman–Crippen LogP) is 2.19. The van der Waals surface area contributed by atoms with Crippen molar-refractivity contribution in [3.8, 4) is 0 Å². The molecule has 0 fully saturated rings. The van der Waals surface area contributed by atoms with Gasteiger partial charge in [-0.25, -0.2) is 4.79 Å². The zero-order chi connectivity index (χ0) is 15.2. The standard InChI is InChI=1S/C15H22N2O3/c1-15(2,3)17-13(18)9-10-16-12-8-6-5-7-11(12)14(19)20-4/h5-8,16H,9-10H2,1-4H3,(H,17,18). The van der Waals surface area contributed by atoms with E-state index in [4.69, 9.17) is 4.74 Å². The molecule has 2 N–H and O–H groups in total. The molecule has 1 amide bonds. The highest BCUT2D eigenvalue weighted by atomic mass is 16.5. The van der Waals surface area contributed by atoms with E-state index in [1.165, 1.54) is 7.11 Å². The van der Waals surface area contributed by atoms with Crippen LogP contribution in [0.15, 0.2) is 24.3 Å². The number of amides is 1. The van der Waals surface area contributed by atoms with Gasteiger partial charge < -0.3 is 15.4 Å². The normalized spacial score (nSPS) is 10.8. The minimum atomic E-state index is -0.396. The van der Waals surface area contributed by atoms with Gasteiger partial charge >= 0.3 is 5.97 Å². The van der Waals surface area contributed by atoms with Crippen molar-refractivity contribution < 1.29 is 14.3 Å². The second kappa shape index (κ2) is 6.93. The lowest BCUT2D eigenvalue weighted by molar-refractivity contribution is -0.122. The number of nitrogens with one attached hydrogen (secondary N) is 2. The molecule has 20 heavy (non-hydrogen) atoms. The molecule has 0 saturated carbocycles. The highest BCUT2D eigenvalue weighted by molar-refractivity contribution is 5.95. The molecule has 1 aromatic carbocycles. The van der Waals surface area contributed by atoms with E-state index in [-0.39, 0.29) is 11.4 Å². The summed E-state index contributed by atoms with van der Waals surface area (Å²) in [5, 5.41) is 5.97. The molecule has 0 atom stereocenters. The van der Waals surface area contributed by atoms with Crippen molar-refractivity contribution in [1.82, 2.24) is 5.32 Å². The lowest BCUT2D eigenvalue weighted by Crippen LogP contribution is -2.41. The zero-order valence-electron chi connectivity index (χ0n) is 12.4. The van der Waals surface area contributed by atoms with E-state index in [2.05, 4.69) is 10.6 Å². The predicted molar refractivity (Wildman–Crippen MR) is 78.8 cm³/mol. The number of rotatable bonds is 5. The van der Waals surface area contributed by atoms with Gasteiger partial charge in [-0.1, -0.05) is 12.1 Å². The summed E-state index contributed by atoms with van der Waals surface area (Å²) >= 11 is 0. The van der Waals surface area contributed by atoms with Crippen LogP contribution in [0.5, 0.6) is 0 Å². The van der Waals surface area contributed by atoms with Crippen LogP contribution < -0.4 is 10.6 Å². The number of methoxy groups -OCH3 is 1. The summed E-state index contributed by atoms with van der Waals surface area (Å²) in [5.41, 5.74) is 0.898. The number of carbonyl (C=O) groups is 2. The largest absolute Gasteiger partial charge is 0.465 e. The van der Waals surface area contributed by atoms with E-state index in [1.807, 2.05) is 26.8 Å². The number of benzene rings is 1. The van der Waals surface area contributed by atoms with E-state index in [0.29, 0.717) is 24.2 Å². The first kappa shape index (κ1) is 16.0. The topological polar surface area (TPSA) is 67.4 Å². The average molecular weight is 278 g/mol. The molecule has 0 unspecified atom stereocenters. The van der Waals surface area contributed by atoms with Gasteiger partial charge in [0.15, 0.2) is 0 Å². The summed E-state index contributed by atoms with van der Waals surface area (Å²) in [6, 6.07) is 7.06. The fraction of sp³-hybridized carbons (Fsp3) is 0.467. The van der Waals surface area contributed by atoms with Crippen LogP contribution in [-0.2, 0) is 9.53 Å². The first-order valence-corrected chi connectivity index (χ1v) is 6.56. The summed E-state index contributed by atoms with van der Waals surface area (Å²) in [5.74, 6) is -0.423. The van der Waals surface area contributed by atoms with Crippen molar-refractivity contribution in [3.05, 3.63) is 29.8 Å². The van der Waals surface area contributed by atoms with Crippen molar-refractivity contribution in [3.63, 3.8) is 0 Å². The van der Waals surface area contributed by atoms with Crippen LogP contribution in [0, 0.1) is 0 Å². The maximum Gasteiger partial charge on any atom is 0.339 e. The molecule has 0 aliphatic heterocycles. The fourth-order valence-corrected chi connectivity index (χ4v) is 1.72. The molecule has 0 spiro atoms. The van der Waals surface area contributed by atoms with Gasteiger partial charge in [0.2, 0.25) is 5.91 Å². The van der Waals surface area contributed by atoms with Crippen LogP contribution in [0.1, 0.15) is 37.6 Å². The van der Waals surface area contributed by atoms with Gasteiger partial charge in [-0.2, -0.15) is 0 Å². The van der Waals surface area contributed by atoms with Crippen molar-refractivity contribution in [2.75, 3.05) is 19.0 Å². The first-order chi connectivity index (χ1) is 9.33. The molecule has 110 valence electrons. The lowest BCUT2D eigenvalue weighted by atomic mass is 10.1. The number of carbonyl (C=O) groups excluding carboxylic acids is 2. The van der Waals surface area contributed by atoms with Crippen LogP contribution in [0.2, 0.25) is 0 Å². The molecule has 1 rings (SSSR count). The smallest absolute Gasteiger partial charge is 0.339 e. The molecule has 0 radical (unpaired) electrons. The Morgan fingerprint density at radius 3 is 2.45 bits per heavy atom.